The van der Waals surface area contributed by atoms with E-state index in [9.17, 15) is 34.5 Å². The molecule has 3 amide bonds. The molecule has 3 rings (SSSR count). The van der Waals surface area contributed by atoms with Gasteiger partial charge in [-0.25, -0.2) is 4.79 Å². The molecule has 1 unspecified atom stereocenters. The van der Waals surface area contributed by atoms with Crippen molar-refractivity contribution in [3.63, 3.8) is 0 Å². The zero-order valence-electron chi connectivity index (χ0n) is 24.9. The van der Waals surface area contributed by atoms with E-state index in [0.717, 1.165) is 5.56 Å². The Bertz CT molecular complexity index is 1330. The van der Waals surface area contributed by atoms with E-state index in [-0.39, 0.29) is 49.2 Å². The first-order chi connectivity index (χ1) is 20.9. The summed E-state index contributed by atoms with van der Waals surface area (Å²) in [5.41, 5.74) is 10.7. The number of aryl methyl sites for hydroxylation is 1. The summed E-state index contributed by atoms with van der Waals surface area (Å²) >= 11 is 0. The maximum absolute atomic E-state index is 13.7. The topological polar surface area (TPSA) is 221 Å². The fourth-order valence-corrected chi connectivity index (χ4v) is 5.22. The number of benzene rings is 2. The van der Waals surface area contributed by atoms with Gasteiger partial charge < -0.3 is 42.3 Å². The van der Waals surface area contributed by atoms with Gasteiger partial charge >= 0.3 is 5.97 Å². The van der Waals surface area contributed by atoms with E-state index in [1.165, 1.54) is 24.0 Å². The largest absolute Gasteiger partial charge is 0.508 e. The van der Waals surface area contributed by atoms with Crippen molar-refractivity contribution in [3.05, 3.63) is 59.7 Å². The Kier molecular flexibility index (Phi) is 11.9. The number of carbonyl (C=O) groups is 4. The molecule has 1 saturated heterocycles. The van der Waals surface area contributed by atoms with Crippen molar-refractivity contribution in [2.24, 2.45) is 16.5 Å². The average molecular weight is 611 g/mol. The van der Waals surface area contributed by atoms with Gasteiger partial charge in [0.2, 0.25) is 17.7 Å². The highest BCUT2D eigenvalue weighted by Crippen LogP contribution is 2.23. The van der Waals surface area contributed by atoms with Gasteiger partial charge in [-0.1, -0.05) is 24.3 Å². The summed E-state index contributed by atoms with van der Waals surface area (Å²) < 4.78 is 0. The molecular formula is C31H42N6O7. The van der Waals surface area contributed by atoms with Gasteiger partial charge in [-0.2, -0.15) is 0 Å². The number of nitrogens with one attached hydrogen (secondary N) is 2. The number of rotatable bonds is 15. The number of aliphatic carboxylic acids is 1. The lowest BCUT2D eigenvalue weighted by Gasteiger charge is -2.34. The lowest BCUT2D eigenvalue weighted by molar-refractivity contribution is -0.144. The lowest BCUT2D eigenvalue weighted by atomic mass is 9.90. The minimum Gasteiger partial charge on any atom is -0.508 e. The number of carbonyl (C=O) groups excluding carboxylic acids is 3. The van der Waals surface area contributed by atoms with Crippen LogP contribution in [-0.2, 0) is 32.0 Å². The number of hydrogen-bond donors (Lipinski definition) is 7. The first kappa shape index (κ1) is 33.7. The van der Waals surface area contributed by atoms with Gasteiger partial charge in [0, 0.05) is 25.9 Å². The molecule has 0 bridgehead atoms. The third-order valence-electron chi connectivity index (χ3n) is 7.61. The van der Waals surface area contributed by atoms with Gasteiger partial charge in [0.1, 0.15) is 29.1 Å². The monoisotopic (exact) mass is 610 g/mol. The normalized spacial score (nSPS) is 16.4. The van der Waals surface area contributed by atoms with Crippen LogP contribution in [0.5, 0.6) is 11.5 Å². The molecule has 13 heteroatoms. The summed E-state index contributed by atoms with van der Waals surface area (Å²) in [6, 6.07) is 10.9. The molecule has 1 aliphatic rings. The average Bonchev–Trinajstić information content (AvgIpc) is 3.47. The van der Waals surface area contributed by atoms with Gasteiger partial charge in [-0.15, -0.1) is 0 Å². The number of nitrogens with two attached hydrogens (primary N) is 2. The minimum atomic E-state index is -1.59. The van der Waals surface area contributed by atoms with Crippen molar-refractivity contribution in [1.29, 1.82) is 0 Å². The van der Waals surface area contributed by atoms with Gasteiger partial charge in [0.25, 0.3) is 0 Å². The molecule has 0 aliphatic carbocycles. The quantitative estimate of drug-likeness (QED) is 0.0872. The van der Waals surface area contributed by atoms with Crippen LogP contribution in [-0.4, -0.2) is 80.6 Å². The Morgan fingerprint density at radius 2 is 1.61 bits per heavy atom. The molecule has 44 heavy (non-hydrogen) atoms. The Labute approximate surface area is 256 Å². The van der Waals surface area contributed by atoms with Gasteiger partial charge in [-0.05, 0) is 80.8 Å². The number of carboxylic acids is 1. The van der Waals surface area contributed by atoms with E-state index < -0.39 is 35.4 Å². The maximum Gasteiger partial charge on any atom is 0.326 e. The zero-order valence-corrected chi connectivity index (χ0v) is 24.9. The number of aromatic hydroxyl groups is 2. The third kappa shape index (κ3) is 9.89. The number of guanidine groups is 1. The van der Waals surface area contributed by atoms with E-state index in [4.69, 9.17) is 11.5 Å². The van der Waals surface area contributed by atoms with Gasteiger partial charge in [0.15, 0.2) is 5.96 Å². The molecule has 1 fully saturated rings. The van der Waals surface area contributed by atoms with Crippen molar-refractivity contribution < 1.29 is 34.5 Å². The van der Waals surface area contributed by atoms with E-state index in [1.54, 1.807) is 36.4 Å². The molecule has 0 saturated carbocycles. The minimum absolute atomic E-state index is 0.00150. The Hall–Kier alpha value is -4.81. The predicted molar refractivity (Wildman–Crippen MR) is 164 cm³/mol. The molecule has 2 aromatic carbocycles. The standard InChI is InChI=1S/C31H42N6O7/c1-31(19-21-11-15-23(39)16-12-21,29(44)35-24(28(42)43)6-3-17-34-30(32)33)36-27(41)25-7-4-18-37(25)26(40)8-2-5-20-9-13-22(38)14-10-20/h9-16,24-25,38-39H,2-8,17-19H2,1H3,(H,35,44)(H,36,41)(H,42,43)(H4,32,33,34)/t24-,25-,31?/m0/s1. The molecule has 0 spiro atoms. The number of amides is 3. The molecular weight excluding hydrogens is 568 g/mol. The number of likely N-dealkylation sites (tertiary alicyclic amines) is 1. The second-order valence-corrected chi connectivity index (χ2v) is 11.2. The van der Waals surface area contributed by atoms with E-state index in [0.29, 0.717) is 44.2 Å². The molecule has 1 heterocycles. The van der Waals surface area contributed by atoms with Gasteiger partial charge in [0.05, 0.1) is 0 Å². The summed E-state index contributed by atoms with van der Waals surface area (Å²) in [5, 5.41) is 34.3. The number of nitrogens with zero attached hydrogens (tertiary/aromatic N) is 2. The SMILES string of the molecule is CC(Cc1ccc(O)cc1)(NC(=O)[C@@H]1CCCN1C(=O)CCCc1ccc(O)cc1)C(=O)N[C@@H](CCCN=C(N)N)C(=O)O. The van der Waals surface area contributed by atoms with E-state index >= 15 is 0 Å². The molecule has 0 radical (unpaired) electrons. The van der Waals surface area contributed by atoms with Crippen LogP contribution in [0, 0.1) is 0 Å². The highest BCUT2D eigenvalue weighted by molar-refractivity contribution is 5.96. The molecule has 1 aliphatic heterocycles. The summed E-state index contributed by atoms with van der Waals surface area (Å²) in [7, 11) is 0. The zero-order chi connectivity index (χ0) is 32.3. The van der Waals surface area contributed by atoms with Crippen molar-refractivity contribution in [2.75, 3.05) is 13.1 Å². The van der Waals surface area contributed by atoms with Crippen LogP contribution in [0.15, 0.2) is 53.5 Å². The van der Waals surface area contributed by atoms with Crippen LogP contribution >= 0.6 is 0 Å². The first-order valence-electron chi connectivity index (χ1n) is 14.6. The predicted octanol–water partition coefficient (Wildman–Crippen LogP) is 1.15. The Balaban J connectivity index is 1.71. The number of phenols is 2. The number of hydrogen-bond acceptors (Lipinski definition) is 7. The molecule has 2 aromatic rings. The highest BCUT2D eigenvalue weighted by atomic mass is 16.4. The second kappa shape index (κ2) is 15.6. The van der Waals surface area contributed by atoms with Crippen LogP contribution in [0.3, 0.4) is 0 Å². The smallest absolute Gasteiger partial charge is 0.326 e. The van der Waals surface area contributed by atoms with Crippen molar-refractivity contribution in [2.45, 2.75) is 75.9 Å². The summed E-state index contributed by atoms with van der Waals surface area (Å²) in [4.78, 5) is 57.8. The van der Waals surface area contributed by atoms with E-state index in [2.05, 4.69) is 15.6 Å². The number of phenolic OH excluding ortho intramolecular Hbond substituents is 2. The molecule has 0 aromatic heterocycles. The Morgan fingerprint density at radius 1 is 1.00 bits per heavy atom. The lowest BCUT2D eigenvalue weighted by Crippen LogP contribution is -2.63. The summed E-state index contributed by atoms with van der Waals surface area (Å²) in [6.45, 7) is 2.10. The number of carboxylic acid groups (broad SMARTS) is 1. The summed E-state index contributed by atoms with van der Waals surface area (Å²) in [5.74, 6) is -2.56. The van der Waals surface area contributed by atoms with Crippen LogP contribution in [0.1, 0.15) is 56.6 Å². The Morgan fingerprint density at radius 3 is 2.20 bits per heavy atom. The van der Waals surface area contributed by atoms with Crippen molar-refractivity contribution >= 4 is 29.7 Å². The fourth-order valence-electron chi connectivity index (χ4n) is 5.22. The van der Waals surface area contributed by atoms with E-state index in [1.807, 2.05) is 0 Å². The molecule has 9 N–H and O–H groups in total. The molecule has 13 nitrogen and oxygen atoms in total. The van der Waals surface area contributed by atoms with Crippen LogP contribution in [0.25, 0.3) is 0 Å². The van der Waals surface area contributed by atoms with Gasteiger partial charge in [-0.3, -0.25) is 19.4 Å². The maximum atomic E-state index is 13.7. The fraction of sp³-hybridized carbons (Fsp3) is 0.452. The van der Waals surface area contributed by atoms with Crippen molar-refractivity contribution in [1.82, 2.24) is 15.5 Å². The number of aliphatic imine (C=N–C) groups is 1. The summed E-state index contributed by atoms with van der Waals surface area (Å²) in [6.07, 6.45) is 2.83. The highest BCUT2D eigenvalue weighted by Gasteiger charge is 2.41. The first-order valence-corrected chi connectivity index (χ1v) is 14.6. The van der Waals surface area contributed by atoms with Crippen molar-refractivity contribution in [3.8, 4) is 11.5 Å². The second-order valence-electron chi connectivity index (χ2n) is 11.2. The van der Waals surface area contributed by atoms with Crippen LogP contribution in [0.2, 0.25) is 0 Å². The van der Waals surface area contributed by atoms with Crippen LogP contribution < -0.4 is 22.1 Å². The van der Waals surface area contributed by atoms with Crippen LogP contribution in [0.4, 0.5) is 0 Å². The third-order valence-corrected chi connectivity index (χ3v) is 7.61. The molecule has 3 atom stereocenters. The molecule has 238 valence electrons.